The zero-order chi connectivity index (χ0) is 19.5. The minimum absolute atomic E-state index is 0.0949. The second-order valence-corrected chi connectivity index (χ2v) is 7.92. The Bertz CT molecular complexity index is 988. The lowest BCUT2D eigenvalue weighted by Crippen LogP contribution is -2.22. The van der Waals surface area contributed by atoms with Gasteiger partial charge in [0.05, 0.1) is 10.9 Å². The van der Waals surface area contributed by atoms with Crippen LogP contribution in [0.1, 0.15) is 23.9 Å². The maximum atomic E-state index is 12.6. The lowest BCUT2D eigenvalue weighted by atomic mass is 10.1. The number of rotatable bonds is 6. The molecule has 28 heavy (non-hydrogen) atoms. The fourth-order valence-corrected chi connectivity index (χ4v) is 3.80. The Morgan fingerprint density at radius 1 is 1.21 bits per heavy atom. The van der Waals surface area contributed by atoms with E-state index in [1.807, 2.05) is 32.0 Å². The van der Waals surface area contributed by atoms with Crippen molar-refractivity contribution in [3.05, 3.63) is 65.5 Å². The van der Waals surface area contributed by atoms with Crippen LogP contribution in [0.3, 0.4) is 0 Å². The van der Waals surface area contributed by atoms with Gasteiger partial charge >= 0.3 is 0 Å². The van der Waals surface area contributed by atoms with Crippen LogP contribution < -0.4 is 14.8 Å². The van der Waals surface area contributed by atoms with Gasteiger partial charge in [0.2, 0.25) is 12.7 Å². The van der Waals surface area contributed by atoms with Gasteiger partial charge in [-0.15, -0.1) is 0 Å². The van der Waals surface area contributed by atoms with E-state index in [-0.39, 0.29) is 18.0 Å². The van der Waals surface area contributed by atoms with Crippen molar-refractivity contribution in [1.82, 2.24) is 9.97 Å². The number of nitrogens with one attached hydrogen (secondary N) is 2. The van der Waals surface area contributed by atoms with Gasteiger partial charge in [-0.1, -0.05) is 42.1 Å². The van der Waals surface area contributed by atoms with Crippen molar-refractivity contribution < 1.29 is 14.3 Å². The quantitative estimate of drug-likeness (QED) is 0.613. The van der Waals surface area contributed by atoms with Crippen LogP contribution in [0.5, 0.6) is 11.5 Å². The number of anilines is 1. The number of aryl methyl sites for hydroxylation is 1. The zero-order valence-electron chi connectivity index (χ0n) is 15.7. The summed E-state index contributed by atoms with van der Waals surface area (Å²) < 4.78 is 10.6. The third-order valence-corrected chi connectivity index (χ3v) is 5.46. The Labute approximate surface area is 167 Å². The van der Waals surface area contributed by atoms with Gasteiger partial charge in [0.1, 0.15) is 0 Å². The lowest BCUT2D eigenvalue weighted by molar-refractivity contribution is -0.115. The van der Waals surface area contributed by atoms with Crippen LogP contribution in [0, 0.1) is 6.92 Å². The van der Waals surface area contributed by atoms with Gasteiger partial charge in [-0.2, -0.15) is 0 Å². The summed E-state index contributed by atoms with van der Waals surface area (Å²) in [5, 5.41) is 3.36. The number of benzene rings is 2. The molecule has 2 N–H and O–H groups in total. The van der Waals surface area contributed by atoms with Gasteiger partial charge in [-0.3, -0.25) is 4.79 Å². The number of aromatic nitrogens is 2. The van der Waals surface area contributed by atoms with E-state index in [1.54, 1.807) is 18.2 Å². The molecule has 0 aliphatic carbocycles. The van der Waals surface area contributed by atoms with Gasteiger partial charge < -0.3 is 19.8 Å². The van der Waals surface area contributed by atoms with Crippen molar-refractivity contribution in [1.29, 1.82) is 0 Å². The predicted octanol–water partition coefficient (Wildman–Crippen LogP) is 4.16. The Balaban J connectivity index is 1.38. The summed E-state index contributed by atoms with van der Waals surface area (Å²) in [5.74, 6) is 1.24. The normalized spacial score (nSPS) is 13.4. The first-order valence-corrected chi connectivity index (χ1v) is 9.93. The second-order valence-electron chi connectivity index (χ2n) is 6.59. The molecule has 4 rings (SSSR count). The minimum atomic E-state index is -0.305. The largest absolute Gasteiger partial charge is 0.454 e. The number of thioether (sulfide) groups is 1. The van der Waals surface area contributed by atoms with Crippen molar-refractivity contribution in [2.24, 2.45) is 0 Å². The molecule has 0 spiro atoms. The smallest absolute Gasteiger partial charge is 0.237 e. The van der Waals surface area contributed by atoms with Crippen LogP contribution in [0.15, 0.2) is 53.7 Å². The molecule has 0 saturated carbocycles. The van der Waals surface area contributed by atoms with Gasteiger partial charge in [-0.25, -0.2) is 4.98 Å². The van der Waals surface area contributed by atoms with Crippen molar-refractivity contribution in [3.8, 4) is 11.5 Å². The van der Waals surface area contributed by atoms with E-state index >= 15 is 0 Å². The number of ether oxygens (including phenoxy) is 2. The third-order valence-electron chi connectivity index (χ3n) is 4.48. The monoisotopic (exact) mass is 395 g/mol. The standard InChI is InChI=1S/C21H21N3O3S/c1-13-17(10-15-6-4-3-5-7-15)24-21(22-13)28-14(2)20(25)23-16-8-9-18-19(11-16)27-12-26-18/h3-9,11,14H,10,12H2,1-2H3,(H,22,24)(H,23,25)/t14-/m0/s1. The first-order chi connectivity index (χ1) is 13.6. The van der Waals surface area contributed by atoms with Crippen LogP contribution in [0.25, 0.3) is 0 Å². The maximum Gasteiger partial charge on any atom is 0.237 e. The Morgan fingerprint density at radius 2 is 2.00 bits per heavy atom. The average molecular weight is 395 g/mol. The summed E-state index contributed by atoms with van der Waals surface area (Å²) in [5.41, 5.74) is 3.91. The number of imidazole rings is 1. The molecule has 2 heterocycles. The molecule has 0 fully saturated rings. The molecule has 1 aliphatic heterocycles. The molecule has 0 radical (unpaired) electrons. The summed E-state index contributed by atoms with van der Waals surface area (Å²) in [6.45, 7) is 4.08. The fraction of sp³-hybridized carbons (Fsp3) is 0.238. The number of carbonyl (C=O) groups excluding carboxylic acids is 1. The average Bonchev–Trinajstić information content (AvgIpc) is 3.28. The molecule has 0 bridgehead atoms. The molecule has 1 aromatic heterocycles. The second kappa shape index (κ2) is 7.98. The molecular weight excluding hydrogens is 374 g/mol. The molecule has 1 aliphatic rings. The third kappa shape index (κ3) is 4.14. The Kier molecular flexibility index (Phi) is 5.25. The van der Waals surface area contributed by atoms with Crippen LogP contribution in [0.4, 0.5) is 5.69 Å². The molecule has 6 nitrogen and oxygen atoms in total. The van der Waals surface area contributed by atoms with Crippen molar-refractivity contribution >= 4 is 23.4 Å². The number of fused-ring (bicyclic) bond motifs is 1. The van der Waals surface area contributed by atoms with E-state index in [0.717, 1.165) is 23.0 Å². The van der Waals surface area contributed by atoms with Gasteiger partial charge in [0, 0.05) is 23.9 Å². The number of hydrogen-bond donors (Lipinski definition) is 2. The first-order valence-electron chi connectivity index (χ1n) is 9.05. The number of H-pyrrole nitrogens is 1. The van der Waals surface area contributed by atoms with E-state index < -0.39 is 0 Å². The maximum absolute atomic E-state index is 12.6. The van der Waals surface area contributed by atoms with Crippen molar-refractivity contribution in [2.45, 2.75) is 30.7 Å². The molecule has 0 unspecified atom stereocenters. The first kappa shape index (κ1) is 18.4. The fourth-order valence-electron chi connectivity index (χ4n) is 2.92. The number of carbonyl (C=O) groups is 1. The number of hydrogen-bond acceptors (Lipinski definition) is 5. The highest BCUT2D eigenvalue weighted by Gasteiger charge is 2.19. The number of aromatic amines is 1. The van der Waals surface area contributed by atoms with E-state index in [0.29, 0.717) is 17.2 Å². The van der Waals surface area contributed by atoms with Crippen LogP contribution in [-0.4, -0.2) is 27.9 Å². The predicted molar refractivity (Wildman–Crippen MR) is 109 cm³/mol. The van der Waals surface area contributed by atoms with Crippen molar-refractivity contribution in [3.63, 3.8) is 0 Å². The summed E-state index contributed by atoms with van der Waals surface area (Å²) in [4.78, 5) is 20.5. The molecule has 3 aromatic rings. The summed E-state index contributed by atoms with van der Waals surface area (Å²) >= 11 is 1.41. The van der Waals surface area contributed by atoms with Gasteiger partial charge in [0.15, 0.2) is 16.7 Å². The highest BCUT2D eigenvalue weighted by molar-refractivity contribution is 8.00. The van der Waals surface area contributed by atoms with Gasteiger partial charge in [0.25, 0.3) is 0 Å². The summed E-state index contributed by atoms with van der Waals surface area (Å²) in [6, 6.07) is 15.6. The minimum Gasteiger partial charge on any atom is -0.454 e. The van der Waals surface area contributed by atoms with E-state index in [2.05, 4.69) is 27.4 Å². The molecule has 1 atom stereocenters. The Hall–Kier alpha value is -2.93. The Morgan fingerprint density at radius 3 is 2.82 bits per heavy atom. The molecule has 144 valence electrons. The molecule has 0 saturated heterocycles. The molecule has 2 aromatic carbocycles. The van der Waals surface area contributed by atoms with Crippen molar-refractivity contribution in [2.75, 3.05) is 12.1 Å². The van der Waals surface area contributed by atoms with Gasteiger partial charge in [-0.05, 0) is 31.5 Å². The van der Waals surface area contributed by atoms with E-state index in [1.165, 1.54) is 17.3 Å². The van der Waals surface area contributed by atoms with E-state index in [9.17, 15) is 4.79 Å². The highest BCUT2D eigenvalue weighted by atomic mass is 32.2. The van der Waals surface area contributed by atoms with Crippen LogP contribution in [-0.2, 0) is 11.2 Å². The van der Waals surface area contributed by atoms with E-state index in [4.69, 9.17) is 9.47 Å². The topological polar surface area (TPSA) is 76.2 Å². The highest BCUT2D eigenvalue weighted by Crippen LogP contribution is 2.34. The molecule has 1 amide bonds. The molecular formula is C21H21N3O3S. The number of nitrogens with zero attached hydrogens (tertiary/aromatic N) is 1. The summed E-state index contributed by atoms with van der Waals surface area (Å²) in [6.07, 6.45) is 0.765. The lowest BCUT2D eigenvalue weighted by Gasteiger charge is -2.11. The molecule has 7 heteroatoms. The van der Waals surface area contributed by atoms with Crippen LogP contribution >= 0.6 is 11.8 Å². The van der Waals surface area contributed by atoms with Crippen LogP contribution in [0.2, 0.25) is 0 Å². The summed E-state index contributed by atoms with van der Waals surface area (Å²) in [7, 11) is 0. The number of amides is 1. The SMILES string of the molecule is Cc1[nH]c(S[C@@H](C)C(=O)Nc2ccc3c(c2)OCO3)nc1Cc1ccccc1. The zero-order valence-corrected chi connectivity index (χ0v) is 16.5.